The summed E-state index contributed by atoms with van der Waals surface area (Å²) >= 11 is 0. The number of aromatic nitrogens is 6. The van der Waals surface area contributed by atoms with E-state index in [1.54, 1.807) is 11.0 Å². The van der Waals surface area contributed by atoms with E-state index in [0.717, 1.165) is 30.0 Å². The van der Waals surface area contributed by atoms with Gasteiger partial charge in [-0.3, -0.25) is 4.68 Å². The second-order valence-electron chi connectivity index (χ2n) is 4.79. The van der Waals surface area contributed by atoms with Gasteiger partial charge in [-0.25, -0.2) is 4.68 Å². The van der Waals surface area contributed by atoms with Crippen molar-refractivity contribution in [2.24, 2.45) is 7.05 Å². The highest BCUT2D eigenvalue weighted by molar-refractivity contribution is 5.51. The molecular formula is C14H17N7. The second-order valence-corrected chi connectivity index (χ2v) is 4.79. The first-order valence-corrected chi connectivity index (χ1v) is 6.85. The Kier molecular flexibility index (Phi) is 3.63. The molecular weight excluding hydrogens is 266 g/mol. The number of nitrogens with one attached hydrogen (secondary N) is 1. The Bertz CT molecular complexity index is 715. The average molecular weight is 283 g/mol. The fourth-order valence-corrected chi connectivity index (χ4v) is 2.26. The number of hydrogen-bond donors (Lipinski definition) is 1. The predicted molar refractivity (Wildman–Crippen MR) is 79.1 cm³/mol. The molecule has 7 nitrogen and oxygen atoms in total. The van der Waals surface area contributed by atoms with Crippen LogP contribution in [0.4, 0.5) is 5.69 Å². The van der Waals surface area contributed by atoms with Crippen LogP contribution >= 0.6 is 0 Å². The monoisotopic (exact) mass is 283 g/mol. The zero-order chi connectivity index (χ0) is 14.7. The van der Waals surface area contributed by atoms with Crippen molar-refractivity contribution < 1.29 is 0 Å². The van der Waals surface area contributed by atoms with Crippen LogP contribution in [0.25, 0.3) is 5.69 Å². The van der Waals surface area contributed by atoms with Gasteiger partial charge in [0.2, 0.25) is 0 Å². The molecule has 108 valence electrons. The van der Waals surface area contributed by atoms with Crippen molar-refractivity contribution in [3.8, 4) is 5.69 Å². The summed E-state index contributed by atoms with van der Waals surface area (Å²) in [6.45, 7) is 2.86. The first-order valence-electron chi connectivity index (χ1n) is 6.85. The van der Waals surface area contributed by atoms with E-state index >= 15 is 0 Å². The number of benzene rings is 1. The first-order chi connectivity index (χ1) is 10.3. The molecule has 0 radical (unpaired) electrons. The molecule has 0 saturated heterocycles. The number of tetrazole rings is 1. The van der Waals surface area contributed by atoms with Gasteiger partial charge in [0.05, 0.1) is 11.4 Å². The molecule has 7 heteroatoms. The molecule has 0 aliphatic heterocycles. The molecule has 1 aromatic carbocycles. The van der Waals surface area contributed by atoms with E-state index in [1.165, 1.54) is 5.56 Å². The molecule has 0 bridgehead atoms. The van der Waals surface area contributed by atoms with Crippen LogP contribution in [0.5, 0.6) is 0 Å². The summed E-state index contributed by atoms with van der Waals surface area (Å²) in [5.41, 5.74) is 4.29. The van der Waals surface area contributed by atoms with Crippen LogP contribution in [0.3, 0.4) is 0 Å². The lowest BCUT2D eigenvalue weighted by atomic mass is 10.2. The predicted octanol–water partition coefficient (Wildman–Crippen LogP) is 1.57. The number of rotatable bonds is 5. The fourth-order valence-electron chi connectivity index (χ4n) is 2.26. The lowest BCUT2D eigenvalue weighted by molar-refractivity contribution is 0.746. The van der Waals surface area contributed by atoms with E-state index in [9.17, 15) is 0 Å². The highest BCUT2D eigenvalue weighted by Gasteiger charge is 2.06. The minimum absolute atomic E-state index is 0.746. The number of anilines is 1. The third kappa shape index (κ3) is 2.91. The summed E-state index contributed by atoms with van der Waals surface area (Å²) in [4.78, 5) is 0. The van der Waals surface area contributed by atoms with Gasteiger partial charge in [0.25, 0.3) is 0 Å². The zero-order valence-corrected chi connectivity index (χ0v) is 12.1. The van der Waals surface area contributed by atoms with Crippen LogP contribution in [-0.4, -0.2) is 30.0 Å². The van der Waals surface area contributed by atoms with Crippen molar-refractivity contribution in [3.05, 3.63) is 48.0 Å². The molecule has 3 rings (SSSR count). The van der Waals surface area contributed by atoms with E-state index in [4.69, 9.17) is 0 Å². The average Bonchev–Trinajstić information content (AvgIpc) is 3.14. The highest BCUT2D eigenvalue weighted by atomic mass is 15.5. The van der Waals surface area contributed by atoms with Gasteiger partial charge in [-0.1, -0.05) is 13.0 Å². The third-order valence-corrected chi connectivity index (χ3v) is 3.27. The third-order valence-electron chi connectivity index (χ3n) is 3.27. The Morgan fingerprint density at radius 3 is 2.95 bits per heavy atom. The van der Waals surface area contributed by atoms with Crippen LogP contribution in [0, 0.1) is 0 Å². The molecule has 0 aliphatic carbocycles. The molecule has 0 aliphatic rings. The summed E-state index contributed by atoms with van der Waals surface area (Å²) in [7, 11) is 1.95. The SMILES string of the molecule is CCc1nn(C)cc1CNc1cccc(-n2cnnn2)c1. The van der Waals surface area contributed by atoms with Gasteiger partial charge in [-0.2, -0.15) is 5.10 Å². The van der Waals surface area contributed by atoms with Crippen LogP contribution < -0.4 is 5.32 Å². The van der Waals surface area contributed by atoms with E-state index in [-0.39, 0.29) is 0 Å². The van der Waals surface area contributed by atoms with Crippen molar-refractivity contribution in [1.29, 1.82) is 0 Å². The lowest BCUT2D eigenvalue weighted by Crippen LogP contribution is -2.02. The fraction of sp³-hybridized carbons (Fsp3) is 0.286. The first kappa shape index (κ1) is 13.3. The number of aryl methyl sites for hydroxylation is 2. The largest absolute Gasteiger partial charge is 0.381 e. The van der Waals surface area contributed by atoms with E-state index in [1.807, 2.05) is 36.0 Å². The van der Waals surface area contributed by atoms with Crippen molar-refractivity contribution in [2.45, 2.75) is 19.9 Å². The minimum Gasteiger partial charge on any atom is -0.381 e. The lowest BCUT2D eigenvalue weighted by Gasteiger charge is -2.07. The molecule has 1 N–H and O–H groups in total. The number of hydrogen-bond acceptors (Lipinski definition) is 5. The van der Waals surface area contributed by atoms with E-state index in [2.05, 4.69) is 39.1 Å². The molecule has 0 fully saturated rings. The van der Waals surface area contributed by atoms with E-state index in [0.29, 0.717) is 0 Å². The van der Waals surface area contributed by atoms with E-state index < -0.39 is 0 Å². The highest BCUT2D eigenvalue weighted by Crippen LogP contribution is 2.15. The van der Waals surface area contributed by atoms with Gasteiger partial charge in [0, 0.05) is 31.0 Å². The van der Waals surface area contributed by atoms with Gasteiger partial charge >= 0.3 is 0 Å². The van der Waals surface area contributed by atoms with Crippen LogP contribution in [-0.2, 0) is 20.0 Å². The van der Waals surface area contributed by atoms with Crippen molar-refractivity contribution in [3.63, 3.8) is 0 Å². The summed E-state index contributed by atoms with van der Waals surface area (Å²) in [6.07, 6.45) is 4.56. The Morgan fingerprint density at radius 1 is 1.29 bits per heavy atom. The van der Waals surface area contributed by atoms with Gasteiger partial charge in [0.1, 0.15) is 6.33 Å². The maximum Gasteiger partial charge on any atom is 0.143 e. The van der Waals surface area contributed by atoms with Crippen molar-refractivity contribution in [2.75, 3.05) is 5.32 Å². The smallest absolute Gasteiger partial charge is 0.143 e. The summed E-state index contributed by atoms with van der Waals surface area (Å²) < 4.78 is 3.49. The Balaban J connectivity index is 1.75. The maximum absolute atomic E-state index is 4.45. The molecule has 0 atom stereocenters. The molecule has 21 heavy (non-hydrogen) atoms. The number of nitrogens with zero attached hydrogens (tertiary/aromatic N) is 6. The minimum atomic E-state index is 0.746. The Labute approximate surface area is 122 Å². The summed E-state index contributed by atoms with van der Waals surface area (Å²) in [5, 5.41) is 19.0. The molecule has 0 unspecified atom stereocenters. The van der Waals surface area contributed by atoms with Gasteiger partial charge < -0.3 is 5.32 Å². The van der Waals surface area contributed by atoms with Crippen LogP contribution in [0.1, 0.15) is 18.2 Å². The summed E-state index contributed by atoms with van der Waals surface area (Å²) in [5.74, 6) is 0. The summed E-state index contributed by atoms with van der Waals surface area (Å²) in [6, 6.07) is 7.97. The molecule has 0 amide bonds. The molecule has 0 spiro atoms. The Morgan fingerprint density at radius 2 is 2.19 bits per heavy atom. The van der Waals surface area contributed by atoms with Gasteiger partial charge in [-0.15, -0.1) is 5.10 Å². The van der Waals surface area contributed by atoms with Crippen molar-refractivity contribution >= 4 is 5.69 Å². The molecule has 0 saturated carbocycles. The van der Waals surface area contributed by atoms with Gasteiger partial charge in [0.15, 0.2) is 0 Å². The topological polar surface area (TPSA) is 73.5 Å². The van der Waals surface area contributed by atoms with Crippen LogP contribution in [0.15, 0.2) is 36.8 Å². The maximum atomic E-state index is 4.45. The van der Waals surface area contributed by atoms with Crippen molar-refractivity contribution in [1.82, 2.24) is 30.0 Å². The zero-order valence-electron chi connectivity index (χ0n) is 12.1. The quantitative estimate of drug-likeness (QED) is 0.769. The Hall–Kier alpha value is -2.70. The standard InChI is InChI=1S/C14H17N7/c1-3-14-11(9-20(2)17-14)8-15-12-5-4-6-13(7-12)21-10-16-18-19-21/h4-7,9-10,15H,3,8H2,1-2H3. The molecule has 3 aromatic rings. The van der Waals surface area contributed by atoms with Gasteiger partial charge in [-0.05, 0) is 35.0 Å². The molecule has 2 aromatic heterocycles. The molecule has 2 heterocycles. The normalized spacial score (nSPS) is 10.8. The van der Waals surface area contributed by atoms with Crippen LogP contribution in [0.2, 0.25) is 0 Å². The second kappa shape index (κ2) is 5.74.